The number of likely N-dealkylation sites (tertiary alicyclic amines) is 1. The maximum absolute atomic E-state index is 12.5. The number of carbonyl (C=O) groups is 1. The molecule has 1 amide bonds. The fourth-order valence-corrected chi connectivity index (χ4v) is 5.77. The molecule has 4 saturated carbocycles. The smallest absolute Gasteiger partial charge is 0.239 e. The predicted molar refractivity (Wildman–Crippen MR) is 79.2 cm³/mol. The molecule has 1 aliphatic heterocycles. The third-order valence-electron chi connectivity index (χ3n) is 6.46. The fourth-order valence-electron chi connectivity index (χ4n) is 5.77. The molecule has 4 bridgehead atoms. The standard InChI is InChI=1S/C17H28N2O/c1-11(17(20)19-4-2-3-5-19)18-16-14-7-12-6-13(9-14)10-15(16)8-12/h11-16,18H,2-10H2,1H3. The Morgan fingerprint density at radius 1 is 1.00 bits per heavy atom. The molecule has 1 unspecified atom stereocenters. The van der Waals surface area contributed by atoms with Crippen LogP contribution in [0.5, 0.6) is 0 Å². The molecule has 3 heteroatoms. The molecule has 5 aliphatic rings. The van der Waals surface area contributed by atoms with E-state index in [-0.39, 0.29) is 6.04 Å². The number of hydrogen-bond acceptors (Lipinski definition) is 2. The summed E-state index contributed by atoms with van der Waals surface area (Å²) >= 11 is 0. The van der Waals surface area contributed by atoms with Gasteiger partial charge in [0.1, 0.15) is 0 Å². The minimum Gasteiger partial charge on any atom is -0.341 e. The predicted octanol–water partition coefficient (Wildman–Crippen LogP) is 2.41. The number of carbonyl (C=O) groups excluding carboxylic acids is 1. The van der Waals surface area contributed by atoms with E-state index in [0.29, 0.717) is 11.9 Å². The van der Waals surface area contributed by atoms with Crippen molar-refractivity contribution in [2.24, 2.45) is 23.7 Å². The molecule has 0 aromatic heterocycles. The van der Waals surface area contributed by atoms with Crippen LogP contribution in [0.1, 0.15) is 51.9 Å². The molecule has 0 radical (unpaired) electrons. The molecule has 5 fully saturated rings. The Bertz CT molecular complexity index is 360. The third kappa shape index (κ3) is 2.18. The topological polar surface area (TPSA) is 32.3 Å². The van der Waals surface area contributed by atoms with E-state index in [0.717, 1.165) is 36.8 Å². The van der Waals surface area contributed by atoms with Crippen molar-refractivity contribution in [2.45, 2.75) is 64.0 Å². The second-order valence-corrected chi connectivity index (χ2v) is 7.88. The molecule has 1 atom stereocenters. The molecule has 0 spiro atoms. The van der Waals surface area contributed by atoms with Crippen LogP contribution in [0.25, 0.3) is 0 Å². The number of hydrogen-bond donors (Lipinski definition) is 1. The van der Waals surface area contributed by atoms with Crippen molar-refractivity contribution in [2.75, 3.05) is 13.1 Å². The molecule has 0 aromatic carbocycles. The normalized spacial score (nSPS) is 44.0. The lowest BCUT2D eigenvalue weighted by molar-refractivity contribution is -0.133. The largest absolute Gasteiger partial charge is 0.341 e. The van der Waals surface area contributed by atoms with Gasteiger partial charge in [0.15, 0.2) is 0 Å². The Labute approximate surface area is 122 Å². The van der Waals surface area contributed by atoms with Crippen LogP contribution in [0, 0.1) is 23.7 Å². The van der Waals surface area contributed by atoms with Crippen molar-refractivity contribution in [3.63, 3.8) is 0 Å². The Morgan fingerprint density at radius 3 is 2.10 bits per heavy atom. The average Bonchev–Trinajstić information content (AvgIpc) is 2.95. The summed E-state index contributed by atoms with van der Waals surface area (Å²) in [6.45, 7) is 4.05. The van der Waals surface area contributed by atoms with E-state index in [1.165, 1.54) is 44.9 Å². The number of nitrogens with one attached hydrogen (secondary N) is 1. The Balaban J connectivity index is 1.40. The first-order chi connectivity index (χ1) is 9.70. The lowest BCUT2D eigenvalue weighted by atomic mass is 9.54. The van der Waals surface area contributed by atoms with Crippen molar-refractivity contribution in [3.8, 4) is 0 Å². The van der Waals surface area contributed by atoms with Crippen LogP contribution in [-0.2, 0) is 4.79 Å². The molecule has 1 heterocycles. The summed E-state index contributed by atoms with van der Waals surface area (Å²) in [6, 6.07) is 0.653. The van der Waals surface area contributed by atoms with Gasteiger partial charge in [-0.3, -0.25) is 4.79 Å². The van der Waals surface area contributed by atoms with Gasteiger partial charge < -0.3 is 10.2 Å². The van der Waals surface area contributed by atoms with Crippen LogP contribution < -0.4 is 5.32 Å². The van der Waals surface area contributed by atoms with E-state index < -0.39 is 0 Å². The van der Waals surface area contributed by atoms with Crippen LogP contribution in [0.2, 0.25) is 0 Å². The summed E-state index contributed by atoms with van der Waals surface area (Å²) in [7, 11) is 0. The average molecular weight is 276 g/mol. The van der Waals surface area contributed by atoms with E-state index in [2.05, 4.69) is 17.1 Å². The zero-order valence-corrected chi connectivity index (χ0v) is 12.7. The van der Waals surface area contributed by atoms with Crippen molar-refractivity contribution in [1.82, 2.24) is 10.2 Å². The van der Waals surface area contributed by atoms with E-state index in [4.69, 9.17) is 0 Å². The van der Waals surface area contributed by atoms with E-state index >= 15 is 0 Å². The van der Waals surface area contributed by atoms with E-state index in [9.17, 15) is 4.79 Å². The molecule has 112 valence electrons. The second kappa shape index (κ2) is 5.01. The van der Waals surface area contributed by atoms with E-state index in [1.54, 1.807) is 0 Å². The third-order valence-corrected chi connectivity index (χ3v) is 6.46. The van der Waals surface area contributed by atoms with Crippen molar-refractivity contribution < 1.29 is 4.79 Å². The van der Waals surface area contributed by atoms with Gasteiger partial charge in [0.2, 0.25) is 5.91 Å². The molecule has 0 aromatic rings. The molecule has 20 heavy (non-hydrogen) atoms. The molecule has 5 rings (SSSR count). The molecule has 1 saturated heterocycles. The molecular formula is C17H28N2O. The summed E-state index contributed by atoms with van der Waals surface area (Å²) in [6.07, 6.45) is 9.59. The highest BCUT2D eigenvalue weighted by Gasteiger charge is 2.48. The Morgan fingerprint density at radius 2 is 1.55 bits per heavy atom. The highest BCUT2D eigenvalue weighted by molar-refractivity contribution is 5.81. The zero-order valence-electron chi connectivity index (χ0n) is 12.7. The van der Waals surface area contributed by atoms with E-state index in [1.807, 2.05) is 0 Å². The SMILES string of the molecule is CC(NC1C2CC3CC(C2)CC1C3)C(=O)N1CCCC1. The fraction of sp³-hybridized carbons (Fsp3) is 0.941. The molecule has 3 nitrogen and oxygen atoms in total. The summed E-state index contributed by atoms with van der Waals surface area (Å²) in [5, 5.41) is 3.75. The number of nitrogens with zero attached hydrogens (tertiary/aromatic N) is 1. The van der Waals surface area contributed by atoms with Gasteiger partial charge in [-0.05, 0) is 75.5 Å². The first-order valence-corrected chi connectivity index (χ1v) is 8.75. The minimum atomic E-state index is 0.0237. The van der Waals surface area contributed by atoms with Crippen molar-refractivity contribution in [3.05, 3.63) is 0 Å². The first-order valence-electron chi connectivity index (χ1n) is 8.75. The zero-order chi connectivity index (χ0) is 13.7. The van der Waals surface area contributed by atoms with Gasteiger partial charge in [-0.1, -0.05) is 0 Å². The quantitative estimate of drug-likeness (QED) is 0.858. The lowest BCUT2D eigenvalue weighted by Gasteiger charge is -2.55. The van der Waals surface area contributed by atoms with Gasteiger partial charge in [-0.25, -0.2) is 0 Å². The Hall–Kier alpha value is -0.570. The summed E-state index contributed by atoms with van der Waals surface area (Å²) < 4.78 is 0. The van der Waals surface area contributed by atoms with Crippen molar-refractivity contribution in [1.29, 1.82) is 0 Å². The highest BCUT2D eigenvalue weighted by atomic mass is 16.2. The van der Waals surface area contributed by atoms with Crippen LogP contribution in [0.15, 0.2) is 0 Å². The Kier molecular flexibility index (Phi) is 3.29. The summed E-state index contributed by atoms with van der Waals surface area (Å²) in [5.74, 6) is 4.09. The van der Waals surface area contributed by atoms with Crippen LogP contribution in [0.3, 0.4) is 0 Å². The number of amides is 1. The summed E-state index contributed by atoms with van der Waals surface area (Å²) in [5.41, 5.74) is 0. The second-order valence-electron chi connectivity index (χ2n) is 7.88. The number of rotatable bonds is 3. The van der Waals surface area contributed by atoms with Gasteiger partial charge in [0.25, 0.3) is 0 Å². The monoisotopic (exact) mass is 276 g/mol. The van der Waals surface area contributed by atoms with Crippen molar-refractivity contribution >= 4 is 5.91 Å². The van der Waals surface area contributed by atoms with Crippen LogP contribution in [0.4, 0.5) is 0 Å². The molecular weight excluding hydrogens is 248 g/mol. The first kappa shape index (κ1) is 13.1. The van der Waals surface area contributed by atoms with Crippen LogP contribution >= 0.6 is 0 Å². The van der Waals surface area contributed by atoms with Gasteiger partial charge in [0, 0.05) is 19.1 Å². The van der Waals surface area contributed by atoms with Crippen LogP contribution in [-0.4, -0.2) is 36.0 Å². The lowest BCUT2D eigenvalue weighted by Crippen LogP contribution is -2.58. The van der Waals surface area contributed by atoms with Gasteiger partial charge >= 0.3 is 0 Å². The molecule has 4 aliphatic carbocycles. The molecule has 1 N–H and O–H groups in total. The van der Waals surface area contributed by atoms with Gasteiger partial charge in [0.05, 0.1) is 6.04 Å². The highest BCUT2D eigenvalue weighted by Crippen LogP contribution is 2.53. The maximum Gasteiger partial charge on any atom is 0.239 e. The maximum atomic E-state index is 12.5. The minimum absolute atomic E-state index is 0.0237. The van der Waals surface area contributed by atoms with Gasteiger partial charge in [-0.15, -0.1) is 0 Å². The van der Waals surface area contributed by atoms with Gasteiger partial charge in [-0.2, -0.15) is 0 Å². The summed E-state index contributed by atoms with van der Waals surface area (Å²) in [4.78, 5) is 14.5.